The standard InChI is InChI=1S/C19H21NO4/c1-11(2)14-7-5-9-16(18(14)13(4)21)20-15(12(3)19(23)24)8-6-10-17(20)22/h5-12H,1-4H3,(H,23,24). The van der Waals surface area contributed by atoms with E-state index in [1.807, 2.05) is 19.9 Å². The Morgan fingerprint density at radius 3 is 2.21 bits per heavy atom. The van der Waals surface area contributed by atoms with Crippen LogP contribution in [0.25, 0.3) is 5.69 Å². The van der Waals surface area contributed by atoms with Gasteiger partial charge in [-0.15, -0.1) is 0 Å². The number of benzene rings is 1. The molecule has 0 aliphatic heterocycles. The van der Waals surface area contributed by atoms with Gasteiger partial charge in [-0.3, -0.25) is 19.0 Å². The number of hydrogen-bond acceptors (Lipinski definition) is 3. The predicted octanol–water partition coefficient (Wildman–Crippen LogP) is 3.35. The molecule has 5 nitrogen and oxygen atoms in total. The van der Waals surface area contributed by atoms with Gasteiger partial charge in [-0.2, -0.15) is 0 Å². The summed E-state index contributed by atoms with van der Waals surface area (Å²) >= 11 is 0. The van der Waals surface area contributed by atoms with Gasteiger partial charge >= 0.3 is 5.97 Å². The third-order valence-electron chi connectivity index (χ3n) is 4.09. The molecule has 0 aliphatic carbocycles. The monoisotopic (exact) mass is 327 g/mol. The molecule has 1 aromatic heterocycles. The van der Waals surface area contributed by atoms with Gasteiger partial charge < -0.3 is 5.11 Å². The van der Waals surface area contributed by atoms with Crippen molar-refractivity contribution in [3.05, 3.63) is 63.6 Å². The molecule has 0 fully saturated rings. The molecule has 24 heavy (non-hydrogen) atoms. The first kappa shape index (κ1) is 17.7. The Morgan fingerprint density at radius 1 is 1.04 bits per heavy atom. The highest BCUT2D eigenvalue weighted by Crippen LogP contribution is 2.27. The molecule has 2 aromatic rings. The number of ketones is 1. The second kappa shape index (κ2) is 6.83. The summed E-state index contributed by atoms with van der Waals surface area (Å²) in [5.74, 6) is -1.96. The second-order valence-corrected chi connectivity index (χ2v) is 6.14. The highest BCUT2D eigenvalue weighted by atomic mass is 16.4. The average molecular weight is 327 g/mol. The molecule has 0 bridgehead atoms. The SMILES string of the molecule is CC(=O)c1c(C(C)C)cccc1-n1c(C(C)C(=O)O)cccc1=O. The van der Waals surface area contributed by atoms with Crippen molar-refractivity contribution in [1.29, 1.82) is 0 Å². The van der Waals surface area contributed by atoms with E-state index in [0.29, 0.717) is 16.9 Å². The summed E-state index contributed by atoms with van der Waals surface area (Å²) in [7, 11) is 0. The molecular formula is C19H21NO4. The minimum absolute atomic E-state index is 0.101. The zero-order valence-electron chi connectivity index (χ0n) is 14.2. The topological polar surface area (TPSA) is 76.4 Å². The molecule has 0 saturated carbocycles. The van der Waals surface area contributed by atoms with Gasteiger partial charge in [-0.1, -0.05) is 32.0 Å². The fourth-order valence-electron chi connectivity index (χ4n) is 2.84. The van der Waals surface area contributed by atoms with Crippen molar-refractivity contribution < 1.29 is 14.7 Å². The molecule has 0 aliphatic rings. The number of carboxylic acid groups (broad SMARTS) is 1. The van der Waals surface area contributed by atoms with Crippen LogP contribution in [0.4, 0.5) is 0 Å². The molecule has 1 atom stereocenters. The minimum atomic E-state index is -1.03. The number of hydrogen-bond donors (Lipinski definition) is 1. The normalized spacial score (nSPS) is 12.2. The zero-order chi connectivity index (χ0) is 18.0. The van der Waals surface area contributed by atoms with Crippen molar-refractivity contribution in [2.75, 3.05) is 0 Å². The molecule has 0 saturated heterocycles. The highest BCUT2D eigenvalue weighted by molar-refractivity contribution is 5.99. The Bertz CT molecular complexity index is 849. The van der Waals surface area contributed by atoms with Crippen LogP contribution in [-0.4, -0.2) is 21.4 Å². The molecule has 2 rings (SSSR count). The fourth-order valence-corrected chi connectivity index (χ4v) is 2.84. The van der Waals surface area contributed by atoms with Crippen molar-refractivity contribution >= 4 is 11.8 Å². The minimum Gasteiger partial charge on any atom is -0.481 e. The molecular weight excluding hydrogens is 306 g/mol. The number of pyridine rings is 1. The smallest absolute Gasteiger partial charge is 0.312 e. The predicted molar refractivity (Wildman–Crippen MR) is 92.2 cm³/mol. The first-order chi connectivity index (χ1) is 11.3. The second-order valence-electron chi connectivity index (χ2n) is 6.14. The van der Waals surface area contributed by atoms with Crippen molar-refractivity contribution in [2.45, 2.75) is 39.5 Å². The number of nitrogens with zero attached hydrogens (tertiary/aromatic N) is 1. The maximum Gasteiger partial charge on any atom is 0.312 e. The molecule has 1 heterocycles. The summed E-state index contributed by atoms with van der Waals surface area (Å²) in [6, 6.07) is 9.83. The third-order valence-corrected chi connectivity index (χ3v) is 4.09. The van der Waals surface area contributed by atoms with E-state index >= 15 is 0 Å². The Labute approximate surface area is 140 Å². The molecule has 1 N–H and O–H groups in total. The lowest BCUT2D eigenvalue weighted by Crippen LogP contribution is -2.26. The lowest BCUT2D eigenvalue weighted by Gasteiger charge is -2.20. The third kappa shape index (κ3) is 3.15. The van der Waals surface area contributed by atoms with E-state index in [1.54, 1.807) is 18.2 Å². The van der Waals surface area contributed by atoms with Gasteiger partial charge in [-0.25, -0.2) is 0 Å². The maximum absolute atomic E-state index is 12.5. The lowest BCUT2D eigenvalue weighted by atomic mass is 9.93. The first-order valence-electron chi connectivity index (χ1n) is 7.84. The van der Waals surface area contributed by atoms with Crippen LogP contribution in [0.2, 0.25) is 0 Å². The number of Topliss-reactive ketones (excluding diaryl/α,β-unsaturated/α-hetero) is 1. The van der Waals surface area contributed by atoms with Crippen molar-refractivity contribution in [1.82, 2.24) is 4.57 Å². The number of aliphatic carboxylic acids is 1. The number of rotatable bonds is 5. The Hall–Kier alpha value is -2.69. The van der Waals surface area contributed by atoms with E-state index in [0.717, 1.165) is 5.56 Å². The molecule has 5 heteroatoms. The largest absolute Gasteiger partial charge is 0.481 e. The van der Waals surface area contributed by atoms with Crippen molar-refractivity contribution in [3.8, 4) is 5.69 Å². The number of aromatic nitrogens is 1. The van der Waals surface area contributed by atoms with E-state index in [-0.39, 0.29) is 17.3 Å². The van der Waals surface area contributed by atoms with Crippen molar-refractivity contribution in [2.24, 2.45) is 0 Å². The van der Waals surface area contributed by atoms with Gasteiger partial charge in [0.25, 0.3) is 5.56 Å². The van der Waals surface area contributed by atoms with Crippen LogP contribution in [0.1, 0.15) is 61.1 Å². The Balaban J connectivity index is 2.88. The van der Waals surface area contributed by atoms with Gasteiger partial charge in [0.15, 0.2) is 5.78 Å². The Morgan fingerprint density at radius 2 is 1.67 bits per heavy atom. The average Bonchev–Trinajstić information content (AvgIpc) is 2.52. The van der Waals surface area contributed by atoms with Gasteiger partial charge in [0, 0.05) is 17.3 Å². The Kier molecular flexibility index (Phi) is 5.02. The lowest BCUT2D eigenvalue weighted by molar-refractivity contribution is -0.138. The first-order valence-corrected chi connectivity index (χ1v) is 7.84. The molecule has 1 aromatic carbocycles. The summed E-state index contributed by atoms with van der Waals surface area (Å²) in [6.45, 7) is 6.92. The van der Waals surface area contributed by atoms with Gasteiger partial charge in [0.2, 0.25) is 0 Å². The van der Waals surface area contributed by atoms with Crippen LogP contribution in [0.3, 0.4) is 0 Å². The summed E-state index contributed by atoms with van der Waals surface area (Å²) in [5.41, 5.74) is 1.72. The fraction of sp³-hybridized carbons (Fsp3) is 0.316. The summed E-state index contributed by atoms with van der Waals surface area (Å²) in [5, 5.41) is 9.34. The highest BCUT2D eigenvalue weighted by Gasteiger charge is 2.23. The van der Waals surface area contributed by atoms with Gasteiger partial charge in [0.05, 0.1) is 11.6 Å². The summed E-state index contributed by atoms with van der Waals surface area (Å²) in [4.78, 5) is 36.1. The van der Waals surface area contributed by atoms with Crippen LogP contribution in [0, 0.1) is 0 Å². The quantitative estimate of drug-likeness (QED) is 0.854. The van der Waals surface area contributed by atoms with E-state index in [2.05, 4.69) is 0 Å². The van der Waals surface area contributed by atoms with Crippen LogP contribution in [-0.2, 0) is 4.79 Å². The molecule has 0 amide bonds. The van der Waals surface area contributed by atoms with Crippen LogP contribution in [0.5, 0.6) is 0 Å². The zero-order valence-corrected chi connectivity index (χ0v) is 14.2. The number of carbonyl (C=O) groups excluding carboxylic acids is 1. The van der Waals surface area contributed by atoms with Crippen LogP contribution < -0.4 is 5.56 Å². The number of carboxylic acids is 1. The number of carbonyl (C=O) groups is 2. The maximum atomic E-state index is 12.5. The van der Waals surface area contributed by atoms with Crippen LogP contribution >= 0.6 is 0 Å². The molecule has 126 valence electrons. The van der Waals surface area contributed by atoms with E-state index in [9.17, 15) is 19.5 Å². The van der Waals surface area contributed by atoms with Gasteiger partial charge in [0.1, 0.15) is 0 Å². The summed E-state index contributed by atoms with van der Waals surface area (Å²) < 4.78 is 1.33. The molecule has 1 unspecified atom stereocenters. The summed E-state index contributed by atoms with van der Waals surface area (Å²) in [6.07, 6.45) is 0. The molecule has 0 radical (unpaired) electrons. The molecule has 0 spiro atoms. The van der Waals surface area contributed by atoms with E-state index in [1.165, 1.54) is 30.5 Å². The van der Waals surface area contributed by atoms with E-state index < -0.39 is 11.9 Å². The van der Waals surface area contributed by atoms with Gasteiger partial charge in [-0.05, 0) is 37.5 Å². The van der Waals surface area contributed by atoms with Crippen LogP contribution in [0.15, 0.2) is 41.2 Å². The van der Waals surface area contributed by atoms with E-state index in [4.69, 9.17) is 0 Å². The van der Waals surface area contributed by atoms with Crippen molar-refractivity contribution in [3.63, 3.8) is 0 Å².